The molecule has 0 fully saturated rings. The molecule has 2 amide bonds. The van der Waals surface area contributed by atoms with Gasteiger partial charge in [0.1, 0.15) is 0 Å². The molecule has 90 valence electrons. The molecule has 4 N–H and O–H groups in total. The van der Waals surface area contributed by atoms with Gasteiger partial charge in [-0.1, -0.05) is 6.07 Å². The van der Waals surface area contributed by atoms with Crippen LogP contribution in [-0.2, 0) is 4.79 Å². The quantitative estimate of drug-likeness (QED) is 0.698. The lowest BCUT2D eigenvalue weighted by atomic mass is 10.4. The molecule has 16 heavy (non-hydrogen) atoms. The molecule has 1 aromatic heterocycles. The molecule has 0 unspecified atom stereocenters. The van der Waals surface area contributed by atoms with Crippen molar-refractivity contribution in [2.24, 2.45) is 5.73 Å². The predicted octanol–water partition coefficient (Wildman–Crippen LogP) is -0.0254. The maximum Gasteiger partial charge on any atom is 0.261 e. The molecule has 0 radical (unpaired) electrons. The Hall–Kier alpha value is -1.11. The Morgan fingerprint density at radius 3 is 2.69 bits per heavy atom. The Morgan fingerprint density at radius 2 is 2.12 bits per heavy atom. The number of nitrogens with two attached hydrogens (primary N) is 1. The van der Waals surface area contributed by atoms with Gasteiger partial charge in [0.05, 0.1) is 11.4 Å². The van der Waals surface area contributed by atoms with E-state index in [0.29, 0.717) is 18.0 Å². The molecule has 0 atom stereocenters. The third-order valence-corrected chi connectivity index (χ3v) is 2.49. The molecule has 0 aliphatic carbocycles. The molecule has 0 saturated carbocycles. The molecule has 0 aromatic carbocycles. The lowest BCUT2D eigenvalue weighted by Crippen LogP contribution is -2.38. The van der Waals surface area contributed by atoms with Gasteiger partial charge in [0.2, 0.25) is 5.91 Å². The molecular weight excluding hydrogens is 250 g/mol. The molecular formula is C9H14ClN3O2S. The molecule has 0 spiro atoms. The fourth-order valence-electron chi connectivity index (χ4n) is 0.930. The first-order chi connectivity index (χ1) is 7.24. The van der Waals surface area contributed by atoms with E-state index in [9.17, 15) is 9.59 Å². The average Bonchev–Trinajstić information content (AvgIpc) is 2.76. The molecule has 0 aliphatic rings. The summed E-state index contributed by atoms with van der Waals surface area (Å²) in [6, 6.07) is 3.49. The molecule has 5 nitrogen and oxygen atoms in total. The highest BCUT2D eigenvalue weighted by Gasteiger charge is 2.07. The van der Waals surface area contributed by atoms with E-state index >= 15 is 0 Å². The maximum atomic E-state index is 11.4. The minimum absolute atomic E-state index is 0. The predicted molar refractivity (Wildman–Crippen MR) is 66.0 cm³/mol. The molecule has 7 heteroatoms. The third-order valence-electron chi connectivity index (χ3n) is 1.62. The Labute approximate surface area is 104 Å². The smallest absolute Gasteiger partial charge is 0.261 e. The normalized spacial score (nSPS) is 9.06. The van der Waals surface area contributed by atoms with Crippen LogP contribution in [0.15, 0.2) is 17.5 Å². The van der Waals surface area contributed by atoms with Gasteiger partial charge in [-0.05, 0) is 11.4 Å². The summed E-state index contributed by atoms with van der Waals surface area (Å²) in [4.78, 5) is 23.1. The van der Waals surface area contributed by atoms with E-state index in [-0.39, 0.29) is 30.8 Å². The second kappa shape index (κ2) is 8.09. The van der Waals surface area contributed by atoms with Crippen LogP contribution in [0, 0.1) is 0 Å². The number of carbonyl (C=O) groups excluding carboxylic acids is 2. The zero-order valence-electron chi connectivity index (χ0n) is 8.56. The molecule has 0 bridgehead atoms. The van der Waals surface area contributed by atoms with Crippen molar-refractivity contribution in [3.8, 4) is 0 Å². The van der Waals surface area contributed by atoms with Gasteiger partial charge < -0.3 is 16.4 Å². The van der Waals surface area contributed by atoms with Crippen molar-refractivity contribution in [1.82, 2.24) is 10.6 Å². The van der Waals surface area contributed by atoms with Crippen molar-refractivity contribution >= 4 is 35.6 Å². The fraction of sp³-hybridized carbons (Fsp3) is 0.333. The number of halogens is 1. The largest absolute Gasteiger partial charge is 0.353 e. The van der Waals surface area contributed by atoms with Gasteiger partial charge in [0.15, 0.2) is 0 Å². The second-order valence-corrected chi connectivity index (χ2v) is 3.75. The first kappa shape index (κ1) is 14.9. The summed E-state index contributed by atoms with van der Waals surface area (Å²) in [5, 5.41) is 6.88. The highest BCUT2D eigenvalue weighted by molar-refractivity contribution is 7.12. The van der Waals surface area contributed by atoms with E-state index in [0.717, 1.165) is 0 Å². The van der Waals surface area contributed by atoms with Gasteiger partial charge in [-0.2, -0.15) is 0 Å². The minimum atomic E-state index is -0.231. The van der Waals surface area contributed by atoms with Gasteiger partial charge in [0, 0.05) is 13.1 Å². The highest BCUT2D eigenvalue weighted by Crippen LogP contribution is 2.07. The monoisotopic (exact) mass is 263 g/mol. The van der Waals surface area contributed by atoms with Crippen LogP contribution >= 0.6 is 23.7 Å². The van der Waals surface area contributed by atoms with Crippen LogP contribution in [-0.4, -0.2) is 31.4 Å². The van der Waals surface area contributed by atoms with Crippen molar-refractivity contribution in [2.45, 2.75) is 0 Å². The lowest BCUT2D eigenvalue weighted by Gasteiger charge is -2.04. The zero-order chi connectivity index (χ0) is 11.1. The van der Waals surface area contributed by atoms with Gasteiger partial charge in [-0.3, -0.25) is 9.59 Å². The molecule has 1 aromatic rings. The van der Waals surface area contributed by atoms with Crippen LogP contribution in [0.5, 0.6) is 0 Å². The van der Waals surface area contributed by atoms with Crippen LogP contribution in [0.25, 0.3) is 0 Å². The standard InChI is InChI=1S/C9H13N3O2S.ClH/c10-3-4-11-8(13)6-12-9(14)7-2-1-5-15-7;/h1-2,5H,3-4,6,10H2,(H,11,13)(H,12,14);1H. The van der Waals surface area contributed by atoms with E-state index in [4.69, 9.17) is 5.73 Å². The van der Waals surface area contributed by atoms with Crippen LogP contribution in [0.1, 0.15) is 9.67 Å². The number of hydrogen-bond donors (Lipinski definition) is 3. The summed E-state index contributed by atoms with van der Waals surface area (Å²) in [5.41, 5.74) is 5.21. The lowest BCUT2D eigenvalue weighted by molar-refractivity contribution is -0.120. The van der Waals surface area contributed by atoms with E-state index in [1.165, 1.54) is 11.3 Å². The summed E-state index contributed by atoms with van der Waals surface area (Å²) in [5.74, 6) is -0.460. The number of thiophene rings is 1. The molecule has 1 rings (SSSR count). The van der Waals surface area contributed by atoms with Gasteiger partial charge in [0.25, 0.3) is 5.91 Å². The average molecular weight is 264 g/mol. The van der Waals surface area contributed by atoms with Gasteiger partial charge >= 0.3 is 0 Å². The summed E-state index contributed by atoms with van der Waals surface area (Å²) >= 11 is 1.34. The first-order valence-electron chi connectivity index (χ1n) is 4.52. The van der Waals surface area contributed by atoms with E-state index in [1.54, 1.807) is 12.1 Å². The van der Waals surface area contributed by atoms with Gasteiger partial charge in [-0.15, -0.1) is 23.7 Å². The van der Waals surface area contributed by atoms with Crippen molar-refractivity contribution in [3.05, 3.63) is 22.4 Å². The van der Waals surface area contributed by atoms with Crippen molar-refractivity contribution in [1.29, 1.82) is 0 Å². The van der Waals surface area contributed by atoms with E-state index in [2.05, 4.69) is 10.6 Å². The van der Waals surface area contributed by atoms with Crippen LogP contribution < -0.4 is 16.4 Å². The van der Waals surface area contributed by atoms with E-state index < -0.39 is 0 Å². The Morgan fingerprint density at radius 1 is 1.38 bits per heavy atom. The second-order valence-electron chi connectivity index (χ2n) is 2.80. The van der Waals surface area contributed by atoms with Crippen molar-refractivity contribution in [2.75, 3.05) is 19.6 Å². The maximum absolute atomic E-state index is 11.4. The number of rotatable bonds is 5. The minimum Gasteiger partial charge on any atom is -0.353 e. The van der Waals surface area contributed by atoms with Crippen LogP contribution in [0.2, 0.25) is 0 Å². The fourth-order valence-corrected chi connectivity index (χ4v) is 1.57. The summed E-state index contributed by atoms with van der Waals surface area (Å²) in [7, 11) is 0. The van der Waals surface area contributed by atoms with Crippen LogP contribution in [0.3, 0.4) is 0 Å². The highest BCUT2D eigenvalue weighted by atomic mass is 35.5. The zero-order valence-corrected chi connectivity index (χ0v) is 10.2. The Bertz CT molecular complexity index is 330. The number of hydrogen-bond acceptors (Lipinski definition) is 4. The molecule has 1 heterocycles. The third kappa shape index (κ3) is 5.11. The van der Waals surface area contributed by atoms with E-state index in [1.807, 2.05) is 5.38 Å². The Kier molecular flexibility index (Phi) is 7.53. The summed E-state index contributed by atoms with van der Waals surface area (Å²) < 4.78 is 0. The topological polar surface area (TPSA) is 84.2 Å². The summed E-state index contributed by atoms with van der Waals surface area (Å²) in [6.45, 7) is 0.801. The van der Waals surface area contributed by atoms with Gasteiger partial charge in [-0.25, -0.2) is 0 Å². The summed E-state index contributed by atoms with van der Waals surface area (Å²) in [6.07, 6.45) is 0. The molecule has 0 saturated heterocycles. The number of carbonyl (C=O) groups is 2. The van der Waals surface area contributed by atoms with Crippen LogP contribution in [0.4, 0.5) is 0 Å². The SMILES string of the molecule is Cl.NCCNC(=O)CNC(=O)c1cccs1. The first-order valence-corrected chi connectivity index (χ1v) is 5.40. The van der Waals surface area contributed by atoms with Crippen molar-refractivity contribution < 1.29 is 9.59 Å². The number of amides is 2. The Balaban J connectivity index is 0.00000225. The molecule has 0 aliphatic heterocycles. The number of nitrogens with one attached hydrogen (secondary N) is 2. The van der Waals surface area contributed by atoms with Crippen molar-refractivity contribution in [3.63, 3.8) is 0 Å².